The fourth-order valence-electron chi connectivity index (χ4n) is 3.00. The van der Waals surface area contributed by atoms with Crippen LogP contribution in [0.1, 0.15) is 22.6 Å². The van der Waals surface area contributed by atoms with Crippen molar-refractivity contribution in [3.63, 3.8) is 0 Å². The number of hydrogen-bond acceptors (Lipinski definition) is 2. The first kappa shape index (κ1) is 15.9. The van der Waals surface area contributed by atoms with Crippen molar-refractivity contribution in [1.29, 1.82) is 5.26 Å². The van der Waals surface area contributed by atoms with Gasteiger partial charge in [0.15, 0.2) is 0 Å². The van der Waals surface area contributed by atoms with E-state index < -0.39 is 0 Å². The zero-order chi connectivity index (χ0) is 18.1. The summed E-state index contributed by atoms with van der Waals surface area (Å²) in [5, 5.41) is 9.67. The molecule has 0 saturated heterocycles. The second-order valence-electron chi connectivity index (χ2n) is 6.41. The van der Waals surface area contributed by atoms with E-state index >= 15 is 0 Å². The molecule has 4 rings (SSSR count). The number of aromatic nitrogens is 3. The van der Waals surface area contributed by atoms with E-state index in [1.54, 1.807) is 0 Å². The summed E-state index contributed by atoms with van der Waals surface area (Å²) in [6.07, 6.45) is 3.86. The van der Waals surface area contributed by atoms with Crippen LogP contribution in [0.2, 0.25) is 0 Å². The molecule has 0 fully saturated rings. The third-order valence-electron chi connectivity index (χ3n) is 4.40. The van der Waals surface area contributed by atoms with E-state index in [2.05, 4.69) is 51.8 Å². The van der Waals surface area contributed by atoms with E-state index in [9.17, 15) is 5.26 Å². The SMILES string of the molecule is Cc1ccc(-n2cccc2C=C(C#N)c2nc3ccc(C)cc3[nH]2)cc1. The Morgan fingerprint density at radius 1 is 1.08 bits per heavy atom. The number of nitrogens with one attached hydrogen (secondary N) is 1. The van der Waals surface area contributed by atoms with Crippen molar-refractivity contribution in [3.05, 3.63) is 83.4 Å². The quantitative estimate of drug-likeness (QED) is 0.532. The van der Waals surface area contributed by atoms with Crippen LogP contribution in [0, 0.1) is 25.2 Å². The number of aromatic amines is 1. The van der Waals surface area contributed by atoms with Gasteiger partial charge in [-0.1, -0.05) is 23.8 Å². The smallest absolute Gasteiger partial charge is 0.149 e. The molecule has 0 aliphatic carbocycles. The zero-order valence-electron chi connectivity index (χ0n) is 14.7. The van der Waals surface area contributed by atoms with Crippen LogP contribution in [-0.2, 0) is 0 Å². The zero-order valence-corrected chi connectivity index (χ0v) is 14.7. The van der Waals surface area contributed by atoms with Crippen molar-refractivity contribution in [2.24, 2.45) is 0 Å². The summed E-state index contributed by atoms with van der Waals surface area (Å²) in [6.45, 7) is 4.10. The Bertz CT molecular complexity index is 1150. The van der Waals surface area contributed by atoms with Crippen molar-refractivity contribution in [2.45, 2.75) is 13.8 Å². The van der Waals surface area contributed by atoms with Crippen LogP contribution >= 0.6 is 0 Å². The Morgan fingerprint density at radius 3 is 2.62 bits per heavy atom. The topological polar surface area (TPSA) is 57.4 Å². The second kappa shape index (κ2) is 6.38. The monoisotopic (exact) mass is 338 g/mol. The molecule has 126 valence electrons. The van der Waals surface area contributed by atoms with Crippen LogP contribution in [0.4, 0.5) is 0 Å². The fourth-order valence-corrected chi connectivity index (χ4v) is 3.00. The number of allylic oxidation sites excluding steroid dienone is 1. The van der Waals surface area contributed by atoms with Gasteiger partial charge in [-0.05, 0) is 61.9 Å². The van der Waals surface area contributed by atoms with Gasteiger partial charge in [-0.3, -0.25) is 0 Å². The third kappa shape index (κ3) is 2.91. The maximum absolute atomic E-state index is 9.67. The highest BCUT2D eigenvalue weighted by molar-refractivity contribution is 5.90. The lowest BCUT2D eigenvalue weighted by Gasteiger charge is -2.07. The van der Waals surface area contributed by atoms with E-state index in [1.807, 2.05) is 49.5 Å². The molecule has 0 bridgehead atoms. The number of benzene rings is 2. The number of nitrogens with zero attached hydrogens (tertiary/aromatic N) is 3. The van der Waals surface area contributed by atoms with Gasteiger partial charge in [-0.25, -0.2) is 4.98 Å². The summed E-state index contributed by atoms with van der Waals surface area (Å²) >= 11 is 0. The van der Waals surface area contributed by atoms with Gasteiger partial charge in [0.1, 0.15) is 11.9 Å². The molecular weight excluding hydrogens is 320 g/mol. The molecule has 0 amide bonds. The largest absolute Gasteiger partial charge is 0.337 e. The molecule has 2 aromatic carbocycles. The van der Waals surface area contributed by atoms with Gasteiger partial charge < -0.3 is 9.55 Å². The second-order valence-corrected chi connectivity index (χ2v) is 6.41. The first-order valence-electron chi connectivity index (χ1n) is 8.47. The highest BCUT2D eigenvalue weighted by Crippen LogP contribution is 2.22. The van der Waals surface area contributed by atoms with Crippen molar-refractivity contribution in [3.8, 4) is 11.8 Å². The van der Waals surface area contributed by atoms with Crippen LogP contribution in [0.5, 0.6) is 0 Å². The minimum absolute atomic E-state index is 0.505. The molecule has 0 radical (unpaired) electrons. The summed E-state index contributed by atoms with van der Waals surface area (Å²) in [7, 11) is 0. The molecule has 0 saturated carbocycles. The Balaban J connectivity index is 1.77. The van der Waals surface area contributed by atoms with Crippen LogP contribution in [0.3, 0.4) is 0 Å². The molecule has 0 spiro atoms. The molecule has 4 aromatic rings. The Labute approximate surface area is 152 Å². The predicted octanol–water partition coefficient (Wildman–Crippen LogP) is 5.03. The predicted molar refractivity (Wildman–Crippen MR) is 105 cm³/mol. The van der Waals surface area contributed by atoms with Gasteiger partial charge in [0, 0.05) is 17.6 Å². The first-order chi connectivity index (χ1) is 12.6. The Morgan fingerprint density at radius 2 is 1.85 bits per heavy atom. The molecule has 26 heavy (non-hydrogen) atoms. The average Bonchev–Trinajstić information content (AvgIpc) is 3.26. The molecule has 0 aliphatic rings. The molecule has 0 aliphatic heterocycles. The number of nitriles is 1. The van der Waals surface area contributed by atoms with Crippen LogP contribution in [0.15, 0.2) is 60.8 Å². The van der Waals surface area contributed by atoms with Crippen molar-refractivity contribution in [1.82, 2.24) is 14.5 Å². The lowest BCUT2D eigenvalue weighted by molar-refractivity contribution is 1.06. The van der Waals surface area contributed by atoms with E-state index in [0.29, 0.717) is 11.4 Å². The number of imidazole rings is 1. The third-order valence-corrected chi connectivity index (χ3v) is 4.40. The van der Waals surface area contributed by atoms with E-state index in [-0.39, 0.29) is 0 Å². The van der Waals surface area contributed by atoms with Gasteiger partial charge in [0.25, 0.3) is 0 Å². The highest BCUT2D eigenvalue weighted by atomic mass is 15.0. The molecule has 4 nitrogen and oxygen atoms in total. The normalized spacial score (nSPS) is 11.7. The number of aryl methyl sites for hydroxylation is 2. The van der Waals surface area contributed by atoms with Crippen molar-refractivity contribution >= 4 is 22.7 Å². The molecule has 1 N–H and O–H groups in total. The number of fused-ring (bicyclic) bond motifs is 1. The Hall–Kier alpha value is -3.58. The summed E-state index contributed by atoms with van der Waals surface area (Å²) in [5.41, 5.74) is 6.67. The summed E-state index contributed by atoms with van der Waals surface area (Å²) in [6, 6.07) is 20.6. The van der Waals surface area contributed by atoms with Gasteiger partial charge in [0.2, 0.25) is 0 Å². The number of hydrogen-bond donors (Lipinski definition) is 1. The van der Waals surface area contributed by atoms with Crippen LogP contribution in [-0.4, -0.2) is 14.5 Å². The standard InChI is InChI=1S/C22H18N4/c1-15-5-8-18(9-6-15)26-11-3-4-19(26)13-17(14-23)22-24-20-10-7-16(2)12-21(20)25-22/h3-13H,1-2H3,(H,24,25). The fraction of sp³-hybridized carbons (Fsp3) is 0.0909. The Kier molecular flexibility index (Phi) is 3.91. The van der Waals surface area contributed by atoms with Crippen LogP contribution in [0.25, 0.3) is 28.4 Å². The molecule has 0 atom stereocenters. The van der Waals surface area contributed by atoms with E-state index in [0.717, 1.165) is 28.0 Å². The van der Waals surface area contributed by atoms with E-state index in [4.69, 9.17) is 0 Å². The maximum Gasteiger partial charge on any atom is 0.149 e. The molecule has 2 aromatic heterocycles. The van der Waals surface area contributed by atoms with Gasteiger partial charge in [-0.2, -0.15) is 5.26 Å². The molecule has 4 heteroatoms. The highest BCUT2D eigenvalue weighted by Gasteiger charge is 2.10. The van der Waals surface area contributed by atoms with Gasteiger partial charge >= 0.3 is 0 Å². The molecule has 0 unspecified atom stereocenters. The summed E-state index contributed by atoms with van der Waals surface area (Å²) in [5.74, 6) is 0.588. The molecule has 2 heterocycles. The van der Waals surface area contributed by atoms with E-state index in [1.165, 1.54) is 5.56 Å². The maximum atomic E-state index is 9.67. The van der Waals surface area contributed by atoms with Gasteiger partial charge in [-0.15, -0.1) is 0 Å². The lowest BCUT2D eigenvalue weighted by atomic mass is 10.2. The summed E-state index contributed by atoms with van der Waals surface area (Å²) in [4.78, 5) is 7.82. The summed E-state index contributed by atoms with van der Waals surface area (Å²) < 4.78 is 2.06. The van der Waals surface area contributed by atoms with Crippen LogP contribution < -0.4 is 0 Å². The van der Waals surface area contributed by atoms with Gasteiger partial charge in [0.05, 0.1) is 16.6 Å². The first-order valence-corrected chi connectivity index (χ1v) is 8.47. The van der Waals surface area contributed by atoms with Crippen molar-refractivity contribution < 1.29 is 0 Å². The minimum Gasteiger partial charge on any atom is -0.337 e. The number of H-pyrrole nitrogens is 1. The average molecular weight is 338 g/mol. The minimum atomic E-state index is 0.505. The van der Waals surface area contributed by atoms with Crippen molar-refractivity contribution in [2.75, 3.05) is 0 Å². The molecular formula is C22H18N4. The number of rotatable bonds is 3. The lowest BCUT2D eigenvalue weighted by Crippen LogP contribution is -1.95.